The third kappa shape index (κ3) is 4.45. The molecule has 2 heteroatoms. The standard InChI is InChI=1S/C29H32FN/c1-28(25-11-7-23(8-12-25)21-24-9-13-27(30)14-10-24)17-19-31(20-18-28)22-29(15-16-29)26-5-3-2-4-6-26/h2-14H,15-22H2,1H3. The predicted molar refractivity (Wildman–Crippen MR) is 126 cm³/mol. The van der Waals surface area contributed by atoms with Crippen LogP contribution < -0.4 is 0 Å². The highest BCUT2D eigenvalue weighted by molar-refractivity contribution is 5.34. The molecule has 0 radical (unpaired) electrons. The van der Waals surface area contributed by atoms with Crippen molar-refractivity contribution in [3.05, 3.63) is 107 Å². The summed E-state index contributed by atoms with van der Waals surface area (Å²) in [5.74, 6) is -0.172. The normalized spacial score (nSPS) is 19.8. The lowest BCUT2D eigenvalue weighted by Gasteiger charge is -2.41. The van der Waals surface area contributed by atoms with E-state index in [2.05, 4.69) is 66.4 Å². The summed E-state index contributed by atoms with van der Waals surface area (Å²) in [6, 6.07) is 27.1. The van der Waals surface area contributed by atoms with E-state index in [1.54, 1.807) is 12.1 Å². The average molecular weight is 414 g/mol. The zero-order valence-corrected chi connectivity index (χ0v) is 18.5. The number of benzene rings is 3. The Kier molecular flexibility index (Phi) is 5.44. The molecule has 3 aromatic carbocycles. The second-order valence-corrected chi connectivity index (χ2v) is 9.98. The molecule has 1 aliphatic carbocycles. The van der Waals surface area contributed by atoms with Crippen molar-refractivity contribution in [3.8, 4) is 0 Å². The fourth-order valence-electron chi connectivity index (χ4n) is 5.26. The van der Waals surface area contributed by atoms with Gasteiger partial charge in [0.05, 0.1) is 0 Å². The molecular formula is C29H32FN. The quantitative estimate of drug-likeness (QED) is 0.446. The molecule has 0 aromatic heterocycles. The largest absolute Gasteiger partial charge is 0.302 e. The van der Waals surface area contributed by atoms with Gasteiger partial charge in [0, 0.05) is 12.0 Å². The van der Waals surface area contributed by atoms with Crippen LogP contribution in [-0.4, -0.2) is 24.5 Å². The molecule has 31 heavy (non-hydrogen) atoms. The molecule has 0 spiro atoms. The van der Waals surface area contributed by atoms with E-state index in [9.17, 15) is 4.39 Å². The minimum Gasteiger partial charge on any atom is -0.302 e. The first-order valence-electron chi connectivity index (χ1n) is 11.7. The van der Waals surface area contributed by atoms with Crippen LogP contribution in [0.2, 0.25) is 0 Å². The molecule has 0 atom stereocenters. The van der Waals surface area contributed by atoms with Crippen LogP contribution in [0.4, 0.5) is 4.39 Å². The van der Waals surface area contributed by atoms with Gasteiger partial charge in [0.25, 0.3) is 0 Å². The Hall–Kier alpha value is -2.45. The number of hydrogen-bond acceptors (Lipinski definition) is 1. The Labute approximate surface area is 185 Å². The Morgan fingerprint density at radius 3 is 1.87 bits per heavy atom. The smallest absolute Gasteiger partial charge is 0.123 e. The summed E-state index contributed by atoms with van der Waals surface area (Å²) in [5.41, 5.74) is 6.10. The maximum absolute atomic E-state index is 13.1. The number of rotatable bonds is 6. The van der Waals surface area contributed by atoms with Gasteiger partial charge in [0.1, 0.15) is 5.82 Å². The summed E-state index contributed by atoms with van der Waals surface area (Å²) in [4.78, 5) is 2.70. The van der Waals surface area contributed by atoms with E-state index in [0.29, 0.717) is 5.41 Å². The van der Waals surface area contributed by atoms with Gasteiger partial charge >= 0.3 is 0 Å². The molecule has 1 saturated heterocycles. The molecule has 0 bridgehead atoms. The van der Waals surface area contributed by atoms with Gasteiger partial charge in [0.2, 0.25) is 0 Å². The van der Waals surface area contributed by atoms with Gasteiger partial charge in [-0.25, -0.2) is 4.39 Å². The topological polar surface area (TPSA) is 3.24 Å². The van der Waals surface area contributed by atoms with Crippen LogP contribution in [0.1, 0.15) is 54.9 Å². The van der Waals surface area contributed by atoms with E-state index in [1.165, 1.54) is 62.0 Å². The van der Waals surface area contributed by atoms with Crippen LogP contribution in [0.5, 0.6) is 0 Å². The fourth-order valence-corrected chi connectivity index (χ4v) is 5.26. The molecule has 1 nitrogen and oxygen atoms in total. The molecule has 1 heterocycles. The van der Waals surface area contributed by atoms with Gasteiger partial charge in [-0.1, -0.05) is 73.7 Å². The van der Waals surface area contributed by atoms with Crippen LogP contribution in [0, 0.1) is 5.82 Å². The van der Waals surface area contributed by atoms with Crippen molar-refractivity contribution >= 4 is 0 Å². The summed E-state index contributed by atoms with van der Waals surface area (Å²) in [6.07, 6.45) is 5.96. The molecule has 0 N–H and O–H groups in total. The van der Waals surface area contributed by atoms with Crippen LogP contribution in [0.3, 0.4) is 0 Å². The zero-order chi connectivity index (χ0) is 21.3. The van der Waals surface area contributed by atoms with E-state index >= 15 is 0 Å². The molecule has 2 fully saturated rings. The lowest BCUT2D eigenvalue weighted by molar-refractivity contribution is 0.156. The van der Waals surface area contributed by atoms with Gasteiger partial charge < -0.3 is 4.90 Å². The van der Waals surface area contributed by atoms with Crippen molar-refractivity contribution in [3.63, 3.8) is 0 Å². The molecule has 2 aliphatic rings. The minimum absolute atomic E-state index is 0.172. The second-order valence-electron chi connectivity index (χ2n) is 9.98. The van der Waals surface area contributed by atoms with Crippen LogP contribution in [0.15, 0.2) is 78.9 Å². The predicted octanol–water partition coefficient (Wildman–Crippen LogP) is 6.50. The summed E-state index contributed by atoms with van der Waals surface area (Å²) in [6.45, 7) is 6.01. The Morgan fingerprint density at radius 1 is 0.710 bits per heavy atom. The monoisotopic (exact) mass is 413 g/mol. The van der Waals surface area contributed by atoms with E-state index in [0.717, 1.165) is 12.0 Å². The fraction of sp³-hybridized carbons (Fsp3) is 0.379. The Bertz CT molecular complexity index is 995. The van der Waals surface area contributed by atoms with Crippen molar-refractivity contribution in [1.82, 2.24) is 4.90 Å². The van der Waals surface area contributed by atoms with Crippen molar-refractivity contribution in [1.29, 1.82) is 0 Å². The van der Waals surface area contributed by atoms with Crippen molar-refractivity contribution in [2.24, 2.45) is 0 Å². The van der Waals surface area contributed by atoms with E-state index in [1.807, 2.05) is 12.1 Å². The highest BCUT2D eigenvalue weighted by Gasteiger charge is 2.46. The SMILES string of the molecule is CC1(c2ccc(Cc3ccc(F)cc3)cc2)CCN(CC2(c3ccccc3)CC2)CC1. The molecule has 1 saturated carbocycles. The highest BCUT2D eigenvalue weighted by Crippen LogP contribution is 2.49. The number of likely N-dealkylation sites (tertiary alicyclic amines) is 1. The van der Waals surface area contributed by atoms with Crippen LogP contribution in [-0.2, 0) is 17.3 Å². The lowest BCUT2D eigenvalue weighted by atomic mass is 9.74. The second kappa shape index (κ2) is 8.24. The molecule has 0 amide bonds. The number of nitrogens with zero attached hydrogens (tertiary/aromatic N) is 1. The minimum atomic E-state index is -0.172. The molecule has 5 rings (SSSR count). The van der Waals surface area contributed by atoms with E-state index in [4.69, 9.17) is 0 Å². The van der Waals surface area contributed by atoms with Crippen molar-refractivity contribution < 1.29 is 4.39 Å². The Morgan fingerprint density at radius 2 is 1.29 bits per heavy atom. The van der Waals surface area contributed by atoms with Gasteiger partial charge in [-0.05, 0) is 85.0 Å². The first kappa shape index (κ1) is 20.5. The third-order valence-electron chi connectivity index (χ3n) is 7.70. The summed E-state index contributed by atoms with van der Waals surface area (Å²) in [7, 11) is 0. The highest BCUT2D eigenvalue weighted by atomic mass is 19.1. The first-order valence-corrected chi connectivity index (χ1v) is 11.7. The first-order chi connectivity index (χ1) is 15.0. The molecule has 160 valence electrons. The van der Waals surface area contributed by atoms with Crippen molar-refractivity contribution in [2.75, 3.05) is 19.6 Å². The molecule has 3 aromatic rings. The summed E-state index contributed by atoms with van der Waals surface area (Å²) >= 11 is 0. The Balaban J connectivity index is 1.20. The van der Waals surface area contributed by atoms with Crippen LogP contribution >= 0.6 is 0 Å². The molecular weight excluding hydrogens is 381 g/mol. The number of hydrogen-bond donors (Lipinski definition) is 0. The summed E-state index contributed by atoms with van der Waals surface area (Å²) in [5, 5.41) is 0. The third-order valence-corrected chi connectivity index (χ3v) is 7.70. The van der Waals surface area contributed by atoms with Crippen molar-refractivity contribution in [2.45, 2.75) is 49.9 Å². The maximum atomic E-state index is 13.1. The van der Waals surface area contributed by atoms with Gasteiger partial charge in [-0.2, -0.15) is 0 Å². The van der Waals surface area contributed by atoms with Gasteiger partial charge in [-0.3, -0.25) is 0 Å². The summed E-state index contributed by atoms with van der Waals surface area (Å²) < 4.78 is 13.1. The van der Waals surface area contributed by atoms with Crippen LogP contribution in [0.25, 0.3) is 0 Å². The van der Waals surface area contributed by atoms with Gasteiger partial charge in [-0.15, -0.1) is 0 Å². The molecule has 1 aliphatic heterocycles. The molecule has 0 unspecified atom stereocenters. The van der Waals surface area contributed by atoms with E-state index < -0.39 is 0 Å². The van der Waals surface area contributed by atoms with E-state index in [-0.39, 0.29) is 11.2 Å². The van der Waals surface area contributed by atoms with Gasteiger partial charge in [0.15, 0.2) is 0 Å². The number of piperidine rings is 1. The number of halogens is 1. The average Bonchev–Trinajstić information content (AvgIpc) is 3.59. The maximum Gasteiger partial charge on any atom is 0.123 e. The zero-order valence-electron chi connectivity index (χ0n) is 18.5. The lowest BCUT2D eigenvalue weighted by Crippen LogP contribution is -2.44.